The molecular weight excluding hydrogens is 376 g/mol. The SMILES string of the molecule is CNC(=O)c1c(C=Cc2ccc(Cl)cc2)[nH]c2cc(Br)ccc12. The Morgan fingerprint density at radius 1 is 1.17 bits per heavy atom. The van der Waals surface area contributed by atoms with Crippen molar-refractivity contribution in [1.29, 1.82) is 0 Å². The molecule has 23 heavy (non-hydrogen) atoms. The first-order valence-corrected chi connectivity index (χ1v) is 8.22. The minimum absolute atomic E-state index is 0.116. The minimum atomic E-state index is -0.116. The van der Waals surface area contributed by atoms with Crippen molar-refractivity contribution >= 4 is 56.5 Å². The highest BCUT2D eigenvalue weighted by Gasteiger charge is 2.15. The van der Waals surface area contributed by atoms with Crippen molar-refractivity contribution in [3.8, 4) is 0 Å². The number of rotatable bonds is 3. The van der Waals surface area contributed by atoms with Gasteiger partial charge in [0.2, 0.25) is 0 Å². The van der Waals surface area contributed by atoms with E-state index in [1.165, 1.54) is 0 Å². The van der Waals surface area contributed by atoms with Gasteiger partial charge in [0.05, 0.1) is 11.3 Å². The number of amides is 1. The molecule has 116 valence electrons. The summed E-state index contributed by atoms with van der Waals surface area (Å²) in [6.07, 6.45) is 3.85. The summed E-state index contributed by atoms with van der Waals surface area (Å²) in [4.78, 5) is 15.6. The van der Waals surface area contributed by atoms with E-state index in [2.05, 4.69) is 26.2 Å². The predicted molar refractivity (Wildman–Crippen MR) is 99.8 cm³/mol. The lowest BCUT2D eigenvalue weighted by molar-refractivity contribution is 0.0964. The molecule has 1 amide bonds. The number of carbonyl (C=O) groups is 1. The number of aromatic amines is 1. The lowest BCUT2D eigenvalue weighted by atomic mass is 10.1. The van der Waals surface area contributed by atoms with E-state index in [0.717, 1.165) is 26.6 Å². The lowest BCUT2D eigenvalue weighted by Crippen LogP contribution is -2.18. The van der Waals surface area contributed by atoms with Gasteiger partial charge >= 0.3 is 0 Å². The first-order chi connectivity index (χ1) is 11.1. The van der Waals surface area contributed by atoms with Crippen LogP contribution in [-0.4, -0.2) is 17.9 Å². The summed E-state index contributed by atoms with van der Waals surface area (Å²) in [7, 11) is 1.63. The average Bonchev–Trinajstić information content (AvgIpc) is 2.91. The fraction of sp³-hybridized carbons (Fsp3) is 0.0556. The summed E-state index contributed by atoms with van der Waals surface area (Å²) in [6, 6.07) is 13.3. The van der Waals surface area contributed by atoms with Gasteiger partial charge in [0.25, 0.3) is 5.91 Å². The lowest BCUT2D eigenvalue weighted by Gasteiger charge is -2.00. The van der Waals surface area contributed by atoms with Crippen LogP contribution < -0.4 is 5.32 Å². The van der Waals surface area contributed by atoms with Gasteiger partial charge < -0.3 is 10.3 Å². The molecule has 3 nitrogen and oxygen atoms in total. The molecule has 1 aromatic heterocycles. The van der Waals surface area contributed by atoms with E-state index >= 15 is 0 Å². The van der Waals surface area contributed by atoms with Crippen molar-refractivity contribution in [1.82, 2.24) is 10.3 Å². The number of benzene rings is 2. The number of carbonyl (C=O) groups excluding carboxylic acids is 1. The Labute approximate surface area is 147 Å². The van der Waals surface area contributed by atoms with Gasteiger partial charge in [-0.3, -0.25) is 4.79 Å². The average molecular weight is 390 g/mol. The molecule has 2 aromatic carbocycles. The minimum Gasteiger partial charge on any atom is -0.355 e. The van der Waals surface area contributed by atoms with Crippen LogP contribution >= 0.6 is 27.5 Å². The molecule has 0 saturated heterocycles. The summed E-state index contributed by atoms with van der Waals surface area (Å²) >= 11 is 9.35. The maximum Gasteiger partial charge on any atom is 0.253 e. The number of hydrogen-bond donors (Lipinski definition) is 2. The Hall–Kier alpha value is -2.04. The molecule has 5 heteroatoms. The molecule has 0 aliphatic rings. The molecular formula is C18H14BrClN2O. The van der Waals surface area contributed by atoms with Crippen LogP contribution in [0.15, 0.2) is 46.9 Å². The Kier molecular flexibility index (Phi) is 4.55. The molecule has 3 rings (SSSR count). The highest BCUT2D eigenvalue weighted by molar-refractivity contribution is 9.10. The molecule has 1 heterocycles. The van der Waals surface area contributed by atoms with E-state index in [0.29, 0.717) is 10.6 Å². The van der Waals surface area contributed by atoms with Crippen LogP contribution in [0.5, 0.6) is 0 Å². The molecule has 0 atom stereocenters. The zero-order valence-electron chi connectivity index (χ0n) is 12.4. The van der Waals surface area contributed by atoms with Crippen LogP contribution in [0.2, 0.25) is 5.02 Å². The van der Waals surface area contributed by atoms with Crippen LogP contribution in [0.25, 0.3) is 23.1 Å². The number of H-pyrrole nitrogens is 1. The molecule has 0 fully saturated rings. The van der Waals surface area contributed by atoms with Gasteiger partial charge in [-0.1, -0.05) is 51.8 Å². The van der Waals surface area contributed by atoms with E-state index in [9.17, 15) is 4.79 Å². The zero-order chi connectivity index (χ0) is 16.4. The summed E-state index contributed by atoms with van der Waals surface area (Å²) in [5.41, 5.74) is 3.33. The van der Waals surface area contributed by atoms with E-state index in [-0.39, 0.29) is 5.91 Å². The van der Waals surface area contributed by atoms with Crippen LogP contribution in [0, 0.1) is 0 Å². The van der Waals surface area contributed by atoms with Crippen molar-refractivity contribution < 1.29 is 4.79 Å². The van der Waals surface area contributed by atoms with Crippen molar-refractivity contribution in [2.45, 2.75) is 0 Å². The summed E-state index contributed by atoms with van der Waals surface area (Å²) in [6.45, 7) is 0. The quantitative estimate of drug-likeness (QED) is 0.642. The normalized spacial score (nSPS) is 11.3. The van der Waals surface area contributed by atoms with Crippen molar-refractivity contribution in [2.75, 3.05) is 7.05 Å². The van der Waals surface area contributed by atoms with E-state index in [1.54, 1.807) is 7.05 Å². The molecule has 2 N–H and O–H groups in total. The number of hydrogen-bond acceptors (Lipinski definition) is 1. The van der Waals surface area contributed by atoms with Crippen LogP contribution in [0.1, 0.15) is 21.6 Å². The number of aromatic nitrogens is 1. The standard InChI is InChI=1S/C18H14BrClN2O/c1-21-18(23)17-14-8-5-12(19)10-16(14)22-15(17)9-4-11-2-6-13(20)7-3-11/h2-10,22H,1H3,(H,21,23). The zero-order valence-corrected chi connectivity index (χ0v) is 14.7. The van der Waals surface area contributed by atoms with Crippen molar-refractivity contribution in [3.63, 3.8) is 0 Å². The first kappa shape index (κ1) is 15.8. The van der Waals surface area contributed by atoms with Gasteiger partial charge in [0.15, 0.2) is 0 Å². The molecule has 0 radical (unpaired) electrons. The number of fused-ring (bicyclic) bond motifs is 1. The highest BCUT2D eigenvalue weighted by Crippen LogP contribution is 2.27. The molecule has 0 saturated carbocycles. The summed E-state index contributed by atoms with van der Waals surface area (Å²) < 4.78 is 0.961. The predicted octanol–water partition coefficient (Wildman–Crippen LogP) is 5.11. The van der Waals surface area contributed by atoms with Crippen LogP contribution in [-0.2, 0) is 0 Å². The maximum absolute atomic E-state index is 12.3. The molecule has 0 bridgehead atoms. The molecule has 0 aliphatic carbocycles. The third-order valence-corrected chi connectivity index (χ3v) is 4.30. The second-order valence-electron chi connectivity index (χ2n) is 5.07. The van der Waals surface area contributed by atoms with Crippen LogP contribution in [0.4, 0.5) is 0 Å². The number of halogens is 2. The highest BCUT2D eigenvalue weighted by atomic mass is 79.9. The first-order valence-electron chi connectivity index (χ1n) is 7.05. The second-order valence-corrected chi connectivity index (χ2v) is 6.42. The van der Waals surface area contributed by atoms with Crippen molar-refractivity contribution in [2.24, 2.45) is 0 Å². The van der Waals surface area contributed by atoms with Gasteiger partial charge in [0.1, 0.15) is 0 Å². The van der Waals surface area contributed by atoms with E-state index < -0.39 is 0 Å². The molecule has 0 aliphatic heterocycles. The molecule has 3 aromatic rings. The van der Waals surface area contributed by atoms with Gasteiger partial charge in [-0.25, -0.2) is 0 Å². The Balaban J connectivity index is 2.08. The van der Waals surface area contributed by atoms with Gasteiger partial charge in [0, 0.05) is 27.4 Å². The Morgan fingerprint density at radius 2 is 1.91 bits per heavy atom. The summed E-state index contributed by atoms with van der Waals surface area (Å²) in [5.74, 6) is -0.116. The third kappa shape index (κ3) is 3.33. The number of nitrogens with one attached hydrogen (secondary N) is 2. The van der Waals surface area contributed by atoms with E-state index in [4.69, 9.17) is 11.6 Å². The molecule has 0 spiro atoms. The molecule has 0 unspecified atom stereocenters. The van der Waals surface area contributed by atoms with Gasteiger partial charge in [-0.05, 0) is 35.9 Å². The fourth-order valence-electron chi connectivity index (χ4n) is 2.44. The fourth-order valence-corrected chi connectivity index (χ4v) is 2.93. The van der Waals surface area contributed by atoms with Crippen LogP contribution in [0.3, 0.4) is 0 Å². The smallest absolute Gasteiger partial charge is 0.253 e. The Morgan fingerprint density at radius 3 is 2.61 bits per heavy atom. The van der Waals surface area contributed by atoms with Gasteiger partial charge in [-0.2, -0.15) is 0 Å². The van der Waals surface area contributed by atoms with E-state index in [1.807, 2.05) is 54.6 Å². The summed E-state index contributed by atoms with van der Waals surface area (Å²) in [5, 5.41) is 4.29. The third-order valence-electron chi connectivity index (χ3n) is 3.56. The Bertz CT molecular complexity index is 897. The monoisotopic (exact) mass is 388 g/mol. The maximum atomic E-state index is 12.3. The largest absolute Gasteiger partial charge is 0.355 e. The topological polar surface area (TPSA) is 44.9 Å². The second kappa shape index (κ2) is 6.60. The van der Waals surface area contributed by atoms with Crippen molar-refractivity contribution in [3.05, 3.63) is 68.8 Å². The van der Waals surface area contributed by atoms with Gasteiger partial charge in [-0.15, -0.1) is 0 Å².